The maximum Gasteiger partial charge on any atom is 0.492 e. The zero-order valence-electron chi connectivity index (χ0n) is 18.1. The molecule has 2 aromatic carbocycles. The zero-order chi connectivity index (χ0) is 22.6. The second kappa shape index (κ2) is 9.43. The molecule has 0 radical (unpaired) electrons. The molecule has 0 atom stereocenters. The highest BCUT2D eigenvalue weighted by molar-refractivity contribution is 6.56. The summed E-state index contributed by atoms with van der Waals surface area (Å²) >= 11 is 5.92. The monoisotopic (exact) mass is 445 g/mol. The van der Waals surface area contributed by atoms with E-state index >= 15 is 0 Å². The Morgan fingerprint density at radius 2 is 1.77 bits per heavy atom. The van der Waals surface area contributed by atoms with Crippen LogP contribution in [0.4, 0.5) is 9.18 Å². The number of alkyl carbamates (subject to hydrolysis) is 1. The molecule has 1 heterocycles. The smallest absolute Gasteiger partial charge is 0.445 e. The van der Waals surface area contributed by atoms with E-state index in [1.165, 1.54) is 12.1 Å². The number of rotatable bonds is 6. The molecule has 0 bridgehead atoms. The Morgan fingerprint density at radius 3 is 2.39 bits per heavy atom. The van der Waals surface area contributed by atoms with Gasteiger partial charge in [-0.15, -0.1) is 0 Å². The Morgan fingerprint density at radius 1 is 1.13 bits per heavy atom. The van der Waals surface area contributed by atoms with E-state index in [0.29, 0.717) is 11.0 Å². The van der Waals surface area contributed by atoms with Gasteiger partial charge >= 0.3 is 13.2 Å². The summed E-state index contributed by atoms with van der Waals surface area (Å²) in [7, 11) is -0.691. The highest BCUT2D eigenvalue weighted by Crippen LogP contribution is 2.38. The Hall–Kier alpha value is -2.35. The highest BCUT2D eigenvalue weighted by Gasteiger charge is 2.52. The van der Waals surface area contributed by atoms with Crippen LogP contribution in [0.1, 0.15) is 38.8 Å². The van der Waals surface area contributed by atoms with Crippen molar-refractivity contribution in [3.8, 4) is 0 Å². The number of ether oxygens (including phenoxy) is 1. The minimum absolute atomic E-state index is 0.0113. The average Bonchev–Trinajstić information content (AvgIpc) is 2.94. The molecule has 3 rings (SSSR count). The largest absolute Gasteiger partial charge is 0.492 e. The minimum Gasteiger partial charge on any atom is -0.445 e. The van der Waals surface area contributed by atoms with Crippen LogP contribution in [0.3, 0.4) is 0 Å². The Kier molecular flexibility index (Phi) is 7.09. The van der Waals surface area contributed by atoms with Crippen LogP contribution in [0.2, 0.25) is 5.02 Å². The van der Waals surface area contributed by atoms with E-state index in [-0.39, 0.29) is 18.2 Å². The predicted octanol–water partition coefficient (Wildman–Crippen LogP) is 5.42. The third kappa shape index (κ3) is 5.88. The fourth-order valence-corrected chi connectivity index (χ4v) is 3.15. The van der Waals surface area contributed by atoms with E-state index < -0.39 is 30.2 Å². The molecule has 5 nitrogen and oxygen atoms in total. The molecule has 2 aromatic rings. The number of benzene rings is 2. The maximum atomic E-state index is 13.5. The number of hydrogen-bond acceptors (Lipinski definition) is 4. The first kappa shape index (κ1) is 23.3. The molecule has 8 heteroatoms. The Bertz CT molecular complexity index is 949. The molecule has 31 heavy (non-hydrogen) atoms. The van der Waals surface area contributed by atoms with Crippen molar-refractivity contribution in [1.29, 1.82) is 0 Å². The quantitative estimate of drug-likeness (QED) is 0.603. The lowest BCUT2D eigenvalue weighted by Gasteiger charge is -2.32. The molecular weight excluding hydrogens is 420 g/mol. The molecule has 1 amide bonds. The van der Waals surface area contributed by atoms with Crippen molar-refractivity contribution in [1.82, 2.24) is 5.32 Å². The first-order valence-corrected chi connectivity index (χ1v) is 10.4. The van der Waals surface area contributed by atoms with Gasteiger partial charge in [0.15, 0.2) is 0 Å². The van der Waals surface area contributed by atoms with Crippen molar-refractivity contribution in [2.75, 3.05) is 6.54 Å². The lowest BCUT2D eigenvalue weighted by Crippen LogP contribution is -2.41. The summed E-state index contributed by atoms with van der Waals surface area (Å²) in [6, 6.07) is 13.8. The van der Waals surface area contributed by atoms with Crippen molar-refractivity contribution in [2.24, 2.45) is 0 Å². The zero-order valence-corrected chi connectivity index (χ0v) is 18.8. The topological polar surface area (TPSA) is 56.8 Å². The number of amides is 1. The molecule has 1 fully saturated rings. The SMILES string of the molecule is CC1(C)OB(C(=Cc2ccc(F)c(Cl)c2)CNC(=O)OCc2ccccc2)OC1(C)C. The number of nitrogens with one attached hydrogen (secondary N) is 1. The normalized spacial score (nSPS) is 17.5. The summed E-state index contributed by atoms with van der Waals surface area (Å²) in [5.41, 5.74) is 1.10. The summed E-state index contributed by atoms with van der Waals surface area (Å²) in [6.45, 7) is 8.07. The molecule has 1 aliphatic rings. The van der Waals surface area contributed by atoms with Crippen LogP contribution in [0, 0.1) is 5.82 Å². The average molecular weight is 446 g/mol. The van der Waals surface area contributed by atoms with E-state index in [2.05, 4.69) is 5.32 Å². The van der Waals surface area contributed by atoms with Crippen molar-refractivity contribution in [3.63, 3.8) is 0 Å². The van der Waals surface area contributed by atoms with Crippen LogP contribution in [-0.4, -0.2) is 31.0 Å². The molecule has 0 saturated carbocycles. The van der Waals surface area contributed by atoms with Gasteiger partial charge in [0.2, 0.25) is 0 Å². The molecule has 0 spiro atoms. The van der Waals surface area contributed by atoms with E-state index in [1.54, 1.807) is 12.1 Å². The molecular formula is C23H26BClFNO4. The molecule has 1 saturated heterocycles. The van der Waals surface area contributed by atoms with Crippen molar-refractivity contribution in [3.05, 3.63) is 76.0 Å². The summed E-state index contributed by atoms with van der Waals surface area (Å²) in [4.78, 5) is 12.2. The number of hydrogen-bond donors (Lipinski definition) is 1. The van der Waals surface area contributed by atoms with Gasteiger partial charge in [-0.25, -0.2) is 9.18 Å². The van der Waals surface area contributed by atoms with Crippen LogP contribution in [-0.2, 0) is 20.7 Å². The Balaban J connectivity index is 1.73. The minimum atomic E-state index is -0.691. The summed E-state index contributed by atoms with van der Waals surface area (Å²) < 4.78 is 31.1. The number of carbonyl (C=O) groups excluding carboxylic acids is 1. The highest BCUT2D eigenvalue weighted by atomic mass is 35.5. The van der Waals surface area contributed by atoms with Gasteiger partial charge in [-0.05, 0) is 56.4 Å². The van der Waals surface area contributed by atoms with Gasteiger partial charge in [0, 0.05) is 6.54 Å². The van der Waals surface area contributed by atoms with Gasteiger partial charge in [-0.3, -0.25) is 0 Å². The van der Waals surface area contributed by atoms with Gasteiger partial charge in [-0.2, -0.15) is 0 Å². The molecule has 0 unspecified atom stereocenters. The van der Waals surface area contributed by atoms with Crippen molar-refractivity contribution >= 4 is 30.9 Å². The fourth-order valence-electron chi connectivity index (χ4n) is 2.96. The standard InChI is InChI=1S/C23H26BClFNO4/c1-22(2)23(3,4)31-24(30-22)18(12-17-10-11-20(26)19(25)13-17)14-27-21(28)29-15-16-8-6-5-7-9-16/h5-13H,14-15H2,1-4H3,(H,27,28). The molecule has 1 aliphatic heterocycles. The van der Waals surface area contributed by atoms with Gasteiger partial charge in [0.1, 0.15) is 12.4 Å². The first-order chi connectivity index (χ1) is 14.6. The van der Waals surface area contributed by atoms with E-state index in [9.17, 15) is 9.18 Å². The summed E-state index contributed by atoms with van der Waals surface area (Å²) in [5.74, 6) is -0.501. The molecule has 164 valence electrons. The van der Waals surface area contributed by atoms with Crippen LogP contribution >= 0.6 is 11.6 Å². The van der Waals surface area contributed by atoms with Crippen LogP contribution in [0.5, 0.6) is 0 Å². The second-order valence-corrected chi connectivity index (χ2v) is 8.80. The second-order valence-electron chi connectivity index (χ2n) is 8.40. The van der Waals surface area contributed by atoms with Crippen molar-refractivity contribution < 1.29 is 23.2 Å². The van der Waals surface area contributed by atoms with Gasteiger partial charge in [0.05, 0.1) is 16.2 Å². The van der Waals surface area contributed by atoms with E-state index in [4.69, 9.17) is 25.6 Å². The third-order valence-electron chi connectivity index (χ3n) is 5.50. The Labute approximate surface area is 187 Å². The van der Waals surface area contributed by atoms with Crippen LogP contribution in [0.25, 0.3) is 6.08 Å². The predicted molar refractivity (Wildman–Crippen MR) is 120 cm³/mol. The molecule has 0 aromatic heterocycles. The van der Waals surface area contributed by atoms with Gasteiger partial charge in [-0.1, -0.05) is 54.1 Å². The molecule has 1 N–H and O–H groups in total. The van der Waals surface area contributed by atoms with Gasteiger partial charge < -0.3 is 19.4 Å². The lowest BCUT2D eigenvalue weighted by atomic mass is 9.77. The maximum absolute atomic E-state index is 13.5. The van der Waals surface area contributed by atoms with E-state index in [1.807, 2.05) is 58.0 Å². The fraction of sp³-hybridized carbons (Fsp3) is 0.348. The number of halogens is 2. The third-order valence-corrected chi connectivity index (χ3v) is 5.79. The summed E-state index contributed by atoms with van der Waals surface area (Å²) in [5, 5.41) is 2.75. The van der Waals surface area contributed by atoms with E-state index in [0.717, 1.165) is 5.56 Å². The molecule has 0 aliphatic carbocycles. The number of carbonyl (C=O) groups is 1. The summed E-state index contributed by atoms with van der Waals surface area (Å²) in [6.07, 6.45) is 1.20. The van der Waals surface area contributed by atoms with Crippen molar-refractivity contribution in [2.45, 2.75) is 45.5 Å². The first-order valence-electron chi connectivity index (χ1n) is 10.0. The van der Waals surface area contributed by atoms with Gasteiger partial charge in [0.25, 0.3) is 0 Å². The van der Waals surface area contributed by atoms with Crippen LogP contribution in [0.15, 0.2) is 54.0 Å². The lowest BCUT2D eigenvalue weighted by molar-refractivity contribution is 0.00578. The van der Waals surface area contributed by atoms with Crippen LogP contribution < -0.4 is 5.32 Å².